The van der Waals surface area contributed by atoms with E-state index >= 15 is 0 Å². The van der Waals surface area contributed by atoms with Crippen LogP contribution in [0.2, 0.25) is 0 Å². The van der Waals surface area contributed by atoms with Crippen LogP contribution in [-0.4, -0.2) is 11.1 Å². The third-order valence-corrected chi connectivity index (χ3v) is 3.22. The van der Waals surface area contributed by atoms with Crippen LogP contribution >= 0.6 is 12.2 Å². The summed E-state index contributed by atoms with van der Waals surface area (Å²) in [5.74, 6) is 0.211. The molecule has 4 heteroatoms. The zero-order chi connectivity index (χ0) is 14.3. The van der Waals surface area contributed by atoms with E-state index in [4.69, 9.17) is 22.7 Å². The van der Waals surface area contributed by atoms with Crippen molar-refractivity contribution in [3.8, 4) is 5.75 Å². The van der Waals surface area contributed by atoms with Gasteiger partial charge in [0.15, 0.2) is 0 Å². The van der Waals surface area contributed by atoms with E-state index in [1.807, 2.05) is 6.92 Å². The number of hydrogen-bond donors (Lipinski definition) is 1. The van der Waals surface area contributed by atoms with E-state index in [-0.39, 0.29) is 16.9 Å². The number of thiocarbonyl (C=S) groups is 1. The molecule has 1 aromatic rings. The first kappa shape index (κ1) is 15.9. The van der Waals surface area contributed by atoms with Gasteiger partial charge in [-0.3, -0.25) is 0 Å². The van der Waals surface area contributed by atoms with Gasteiger partial charge in [-0.25, -0.2) is 4.39 Å². The fourth-order valence-electron chi connectivity index (χ4n) is 1.93. The lowest BCUT2D eigenvalue weighted by Gasteiger charge is -2.17. The van der Waals surface area contributed by atoms with E-state index < -0.39 is 0 Å². The Morgan fingerprint density at radius 1 is 1.37 bits per heavy atom. The molecule has 1 unspecified atom stereocenters. The van der Waals surface area contributed by atoms with Crippen molar-refractivity contribution in [2.24, 2.45) is 5.73 Å². The number of halogens is 1. The van der Waals surface area contributed by atoms with Crippen molar-refractivity contribution in [3.63, 3.8) is 0 Å². The Bertz CT molecular complexity index is 423. The zero-order valence-corrected chi connectivity index (χ0v) is 12.4. The SMILES string of the molecule is CCCCCCC(C)Oc1ccc(F)cc1C(N)=S. The maximum Gasteiger partial charge on any atom is 0.130 e. The second-order valence-electron chi connectivity index (χ2n) is 4.78. The molecule has 19 heavy (non-hydrogen) atoms. The normalized spacial score (nSPS) is 12.2. The second-order valence-corrected chi connectivity index (χ2v) is 5.22. The minimum atomic E-state index is -0.356. The summed E-state index contributed by atoms with van der Waals surface area (Å²) in [4.78, 5) is 0.160. The Hall–Kier alpha value is -1.16. The summed E-state index contributed by atoms with van der Waals surface area (Å²) < 4.78 is 19.0. The first-order valence-corrected chi connectivity index (χ1v) is 7.21. The van der Waals surface area contributed by atoms with Crippen molar-refractivity contribution in [1.82, 2.24) is 0 Å². The van der Waals surface area contributed by atoms with E-state index in [2.05, 4.69) is 6.92 Å². The Balaban J connectivity index is 2.58. The molecule has 0 aliphatic heterocycles. The van der Waals surface area contributed by atoms with E-state index in [0.29, 0.717) is 11.3 Å². The third kappa shape index (κ3) is 5.55. The summed E-state index contributed by atoms with van der Waals surface area (Å²) >= 11 is 4.92. The van der Waals surface area contributed by atoms with Crippen LogP contribution in [0.4, 0.5) is 4.39 Å². The number of hydrogen-bond acceptors (Lipinski definition) is 2. The minimum Gasteiger partial charge on any atom is -0.490 e. The van der Waals surface area contributed by atoms with Gasteiger partial charge in [0.2, 0.25) is 0 Å². The molecule has 0 bridgehead atoms. The lowest BCUT2D eigenvalue weighted by molar-refractivity contribution is 0.206. The molecule has 1 rings (SSSR count). The van der Waals surface area contributed by atoms with Gasteiger partial charge in [-0.1, -0.05) is 38.4 Å². The van der Waals surface area contributed by atoms with Crippen LogP contribution in [-0.2, 0) is 0 Å². The summed E-state index contributed by atoms with van der Waals surface area (Å²) in [5.41, 5.74) is 6.05. The van der Waals surface area contributed by atoms with Gasteiger partial charge in [-0.2, -0.15) is 0 Å². The molecule has 0 saturated heterocycles. The molecule has 2 nitrogen and oxygen atoms in total. The molecule has 1 aromatic carbocycles. The van der Waals surface area contributed by atoms with Crippen molar-refractivity contribution >= 4 is 17.2 Å². The smallest absolute Gasteiger partial charge is 0.130 e. The molecule has 0 saturated carbocycles. The quantitative estimate of drug-likeness (QED) is 0.573. The first-order chi connectivity index (χ1) is 9.04. The largest absolute Gasteiger partial charge is 0.490 e. The van der Waals surface area contributed by atoms with Gasteiger partial charge in [0.1, 0.15) is 16.6 Å². The summed E-state index contributed by atoms with van der Waals surface area (Å²) in [7, 11) is 0. The molecular weight excluding hydrogens is 261 g/mol. The highest BCUT2D eigenvalue weighted by molar-refractivity contribution is 7.80. The lowest BCUT2D eigenvalue weighted by atomic mass is 10.1. The second kappa shape index (κ2) is 8.10. The maximum absolute atomic E-state index is 13.2. The number of ether oxygens (including phenoxy) is 1. The van der Waals surface area contributed by atoms with Crippen molar-refractivity contribution < 1.29 is 9.13 Å². The molecule has 106 valence electrons. The maximum atomic E-state index is 13.2. The van der Waals surface area contributed by atoms with Gasteiger partial charge in [0, 0.05) is 0 Å². The van der Waals surface area contributed by atoms with Gasteiger partial charge >= 0.3 is 0 Å². The Morgan fingerprint density at radius 3 is 2.74 bits per heavy atom. The topological polar surface area (TPSA) is 35.2 Å². The minimum absolute atomic E-state index is 0.0791. The first-order valence-electron chi connectivity index (χ1n) is 6.80. The fourth-order valence-corrected chi connectivity index (χ4v) is 2.09. The van der Waals surface area contributed by atoms with Crippen LogP contribution in [0.5, 0.6) is 5.75 Å². The molecule has 0 fully saturated rings. The average Bonchev–Trinajstić information content (AvgIpc) is 2.36. The average molecular weight is 283 g/mol. The van der Waals surface area contributed by atoms with Gasteiger partial charge < -0.3 is 10.5 Å². The van der Waals surface area contributed by atoms with E-state index in [1.54, 1.807) is 6.07 Å². The van der Waals surface area contributed by atoms with Gasteiger partial charge in [-0.15, -0.1) is 0 Å². The predicted octanol–water partition coefficient (Wildman–Crippen LogP) is 4.20. The zero-order valence-electron chi connectivity index (χ0n) is 11.6. The number of nitrogens with two attached hydrogens (primary N) is 1. The van der Waals surface area contributed by atoms with Gasteiger partial charge in [-0.05, 0) is 38.0 Å². The van der Waals surface area contributed by atoms with E-state index in [9.17, 15) is 4.39 Å². The Labute approximate surface area is 120 Å². The van der Waals surface area contributed by atoms with Crippen molar-refractivity contribution in [1.29, 1.82) is 0 Å². The molecule has 2 N–H and O–H groups in total. The third-order valence-electron chi connectivity index (χ3n) is 3.00. The highest BCUT2D eigenvalue weighted by Gasteiger charge is 2.11. The molecule has 0 aromatic heterocycles. The standard InChI is InChI=1S/C15H22FNOS/c1-3-4-5-6-7-11(2)18-14-9-8-12(16)10-13(14)15(17)19/h8-11H,3-7H2,1-2H3,(H2,17,19). The molecule has 0 spiro atoms. The van der Waals surface area contributed by atoms with Crippen molar-refractivity contribution in [2.45, 2.75) is 52.1 Å². The molecule has 0 amide bonds. The molecule has 0 aliphatic rings. The monoisotopic (exact) mass is 283 g/mol. The Morgan fingerprint density at radius 2 is 2.11 bits per heavy atom. The van der Waals surface area contributed by atoms with Crippen LogP contribution in [0, 0.1) is 5.82 Å². The number of benzene rings is 1. The molecule has 0 radical (unpaired) electrons. The summed E-state index contributed by atoms with van der Waals surface area (Å²) in [5, 5.41) is 0. The van der Waals surface area contributed by atoms with E-state index in [1.165, 1.54) is 31.4 Å². The summed E-state index contributed by atoms with van der Waals surface area (Å²) in [6.45, 7) is 4.20. The van der Waals surface area contributed by atoms with E-state index in [0.717, 1.165) is 12.8 Å². The van der Waals surface area contributed by atoms with Crippen LogP contribution < -0.4 is 10.5 Å². The van der Waals surface area contributed by atoms with Gasteiger partial charge in [0.05, 0.1) is 11.7 Å². The number of rotatable bonds is 8. The van der Waals surface area contributed by atoms with Crippen molar-refractivity contribution in [2.75, 3.05) is 0 Å². The fraction of sp³-hybridized carbons (Fsp3) is 0.533. The molecule has 0 heterocycles. The molecule has 0 aliphatic carbocycles. The highest BCUT2D eigenvalue weighted by Crippen LogP contribution is 2.22. The van der Waals surface area contributed by atoms with Crippen LogP contribution in [0.3, 0.4) is 0 Å². The number of unbranched alkanes of at least 4 members (excludes halogenated alkanes) is 3. The molecule has 1 atom stereocenters. The van der Waals surface area contributed by atoms with Crippen LogP contribution in [0.15, 0.2) is 18.2 Å². The summed E-state index contributed by atoms with van der Waals surface area (Å²) in [6.07, 6.45) is 5.89. The Kier molecular flexibility index (Phi) is 6.78. The summed E-state index contributed by atoms with van der Waals surface area (Å²) in [6, 6.07) is 4.27. The predicted molar refractivity (Wildman–Crippen MR) is 81.1 cm³/mol. The van der Waals surface area contributed by atoms with Crippen LogP contribution in [0.1, 0.15) is 51.5 Å². The highest BCUT2D eigenvalue weighted by atomic mass is 32.1. The lowest BCUT2D eigenvalue weighted by Crippen LogP contribution is -2.17. The van der Waals surface area contributed by atoms with Gasteiger partial charge in [0.25, 0.3) is 0 Å². The van der Waals surface area contributed by atoms with Crippen LogP contribution in [0.25, 0.3) is 0 Å². The molecular formula is C15H22FNOS. The van der Waals surface area contributed by atoms with Crippen molar-refractivity contribution in [3.05, 3.63) is 29.6 Å².